The van der Waals surface area contributed by atoms with Crippen LogP contribution in [0, 0.1) is 6.92 Å². The van der Waals surface area contributed by atoms with Gasteiger partial charge in [0, 0.05) is 29.3 Å². The number of pyridine rings is 1. The first-order valence-electron chi connectivity index (χ1n) is 9.10. The average Bonchev–Trinajstić information content (AvgIpc) is 3.14. The number of fused-ring (bicyclic) bond motifs is 1. The number of hydrogen-bond donors (Lipinski definition) is 2. The van der Waals surface area contributed by atoms with Crippen molar-refractivity contribution in [1.82, 2.24) is 9.38 Å². The first-order valence-corrected chi connectivity index (χ1v) is 9.10. The molecular weight excluding hydrogens is 393 g/mol. The summed E-state index contributed by atoms with van der Waals surface area (Å²) in [6.07, 6.45) is -0.627. The number of benzene rings is 2. The molecule has 2 aromatic heterocycles. The molecule has 8 heteroatoms. The van der Waals surface area contributed by atoms with Crippen molar-refractivity contribution >= 4 is 23.1 Å². The molecule has 2 heterocycles. The summed E-state index contributed by atoms with van der Waals surface area (Å²) in [5.41, 5.74) is 3.34. The topological polar surface area (TPSA) is 58.4 Å². The Morgan fingerprint density at radius 1 is 0.967 bits per heavy atom. The number of imidazole rings is 1. The van der Waals surface area contributed by atoms with Crippen LogP contribution >= 0.6 is 0 Å². The number of carbonyl (C=O) groups is 1. The lowest BCUT2D eigenvalue weighted by atomic mass is 10.1. The Kier molecular flexibility index (Phi) is 4.91. The number of halogens is 3. The smallest absolute Gasteiger partial charge is 0.308 e. The molecule has 30 heavy (non-hydrogen) atoms. The average molecular weight is 410 g/mol. The molecule has 0 aliphatic rings. The zero-order valence-electron chi connectivity index (χ0n) is 15.9. The number of alkyl halides is 3. The van der Waals surface area contributed by atoms with Crippen molar-refractivity contribution in [1.29, 1.82) is 0 Å². The Morgan fingerprint density at radius 2 is 1.70 bits per heavy atom. The van der Waals surface area contributed by atoms with Gasteiger partial charge in [-0.25, -0.2) is 9.78 Å². The van der Waals surface area contributed by atoms with Crippen LogP contribution in [0.5, 0.6) is 0 Å². The van der Waals surface area contributed by atoms with Gasteiger partial charge in [0.25, 0.3) is 0 Å². The Labute approximate surface area is 170 Å². The molecule has 0 unspecified atom stereocenters. The zero-order valence-corrected chi connectivity index (χ0v) is 15.9. The lowest BCUT2D eigenvalue weighted by Crippen LogP contribution is -2.19. The quantitative estimate of drug-likeness (QED) is 0.437. The van der Waals surface area contributed by atoms with E-state index in [0.29, 0.717) is 5.69 Å². The summed E-state index contributed by atoms with van der Waals surface area (Å²) in [5.74, 6) is 0. The van der Waals surface area contributed by atoms with Crippen LogP contribution in [-0.2, 0) is 6.18 Å². The summed E-state index contributed by atoms with van der Waals surface area (Å²) in [7, 11) is 0. The van der Waals surface area contributed by atoms with Crippen LogP contribution in [0.3, 0.4) is 0 Å². The molecule has 0 bridgehead atoms. The van der Waals surface area contributed by atoms with Crippen LogP contribution in [-0.4, -0.2) is 15.4 Å². The van der Waals surface area contributed by atoms with E-state index in [1.54, 1.807) is 12.1 Å². The van der Waals surface area contributed by atoms with Gasteiger partial charge < -0.3 is 15.0 Å². The Bertz CT molecular complexity index is 1210. The number of anilines is 2. The molecule has 0 aliphatic heterocycles. The van der Waals surface area contributed by atoms with Crippen molar-refractivity contribution in [3.8, 4) is 11.3 Å². The summed E-state index contributed by atoms with van der Waals surface area (Å²) < 4.78 is 40.3. The monoisotopic (exact) mass is 410 g/mol. The van der Waals surface area contributed by atoms with Crippen molar-refractivity contribution in [2.45, 2.75) is 13.1 Å². The van der Waals surface area contributed by atoms with Crippen LogP contribution < -0.4 is 10.6 Å². The molecule has 2 amide bonds. The van der Waals surface area contributed by atoms with Gasteiger partial charge in [-0.05, 0) is 48.9 Å². The SMILES string of the molecule is Cc1cccn2cc(-c3ccc(NC(=O)Nc4cccc(C(F)(F)F)c4)cc3)nc12. The highest BCUT2D eigenvalue weighted by atomic mass is 19.4. The van der Waals surface area contributed by atoms with E-state index in [9.17, 15) is 18.0 Å². The largest absolute Gasteiger partial charge is 0.416 e. The van der Waals surface area contributed by atoms with Gasteiger partial charge in [0.15, 0.2) is 0 Å². The second-order valence-corrected chi connectivity index (χ2v) is 6.78. The van der Waals surface area contributed by atoms with Gasteiger partial charge in [0.1, 0.15) is 5.65 Å². The lowest BCUT2D eigenvalue weighted by Gasteiger charge is -2.11. The van der Waals surface area contributed by atoms with Crippen LogP contribution in [0.15, 0.2) is 73.1 Å². The van der Waals surface area contributed by atoms with Gasteiger partial charge in [-0.2, -0.15) is 13.2 Å². The van der Waals surface area contributed by atoms with Gasteiger partial charge in [-0.1, -0.05) is 24.3 Å². The summed E-state index contributed by atoms with van der Waals surface area (Å²) in [6, 6.07) is 14.8. The molecule has 0 atom stereocenters. The molecular formula is C22H17F3N4O. The third kappa shape index (κ3) is 4.12. The van der Waals surface area contributed by atoms with E-state index in [-0.39, 0.29) is 5.69 Å². The number of nitrogens with one attached hydrogen (secondary N) is 2. The lowest BCUT2D eigenvalue weighted by molar-refractivity contribution is -0.137. The van der Waals surface area contributed by atoms with Crippen LogP contribution in [0.25, 0.3) is 16.9 Å². The predicted octanol–water partition coefficient (Wildman–Crippen LogP) is 5.97. The molecule has 0 saturated carbocycles. The molecule has 0 radical (unpaired) electrons. The second-order valence-electron chi connectivity index (χ2n) is 6.78. The van der Waals surface area contributed by atoms with Crippen LogP contribution in [0.1, 0.15) is 11.1 Å². The number of rotatable bonds is 3. The van der Waals surface area contributed by atoms with Crippen LogP contribution in [0.4, 0.5) is 29.3 Å². The summed E-state index contributed by atoms with van der Waals surface area (Å²) in [5, 5.41) is 5.01. The third-order valence-corrected chi connectivity index (χ3v) is 4.56. The first kappa shape index (κ1) is 19.5. The molecule has 152 valence electrons. The molecule has 5 nitrogen and oxygen atoms in total. The molecule has 4 rings (SSSR count). The Morgan fingerprint density at radius 3 is 2.40 bits per heavy atom. The minimum atomic E-state index is -4.47. The van der Waals surface area contributed by atoms with E-state index >= 15 is 0 Å². The Balaban J connectivity index is 1.45. The standard InChI is InChI=1S/C22H17F3N4O/c1-14-4-3-11-29-13-19(28-20(14)29)15-7-9-17(10-8-15)26-21(30)27-18-6-2-5-16(12-18)22(23,24)25/h2-13H,1H3,(H2,26,27,30). The van der Waals surface area contributed by atoms with Crippen molar-refractivity contribution in [3.63, 3.8) is 0 Å². The number of aryl methyl sites for hydroxylation is 1. The van der Waals surface area contributed by atoms with E-state index in [1.165, 1.54) is 12.1 Å². The summed E-state index contributed by atoms with van der Waals surface area (Å²) in [6.45, 7) is 1.99. The minimum absolute atomic E-state index is 0.0546. The molecule has 0 saturated heterocycles. The summed E-state index contributed by atoms with van der Waals surface area (Å²) >= 11 is 0. The van der Waals surface area contributed by atoms with Crippen LogP contribution in [0.2, 0.25) is 0 Å². The van der Waals surface area contributed by atoms with Gasteiger partial charge in [-0.15, -0.1) is 0 Å². The van der Waals surface area contributed by atoms with E-state index < -0.39 is 17.8 Å². The van der Waals surface area contributed by atoms with E-state index in [2.05, 4.69) is 15.6 Å². The van der Waals surface area contributed by atoms with Crippen molar-refractivity contribution in [3.05, 3.63) is 84.2 Å². The maximum Gasteiger partial charge on any atom is 0.416 e. The Hall–Kier alpha value is -3.81. The van der Waals surface area contributed by atoms with Gasteiger partial charge in [-0.3, -0.25) is 0 Å². The number of aromatic nitrogens is 2. The zero-order chi connectivity index (χ0) is 21.3. The summed E-state index contributed by atoms with van der Waals surface area (Å²) in [4.78, 5) is 16.8. The predicted molar refractivity (Wildman–Crippen MR) is 109 cm³/mol. The molecule has 0 fully saturated rings. The fourth-order valence-corrected chi connectivity index (χ4v) is 3.08. The highest BCUT2D eigenvalue weighted by Crippen LogP contribution is 2.30. The molecule has 2 aromatic carbocycles. The highest BCUT2D eigenvalue weighted by molar-refractivity contribution is 5.99. The fraction of sp³-hybridized carbons (Fsp3) is 0.0909. The number of urea groups is 1. The molecule has 4 aromatic rings. The maximum absolute atomic E-state index is 12.8. The van der Waals surface area contributed by atoms with Crippen molar-refractivity contribution in [2.75, 3.05) is 10.6 Å². The number of nitrogens with zero attached hydrogens (tertiary/aromatic N) is 2. The minimum Gasteiger partial charge on any atom is -0.308 e. The van der Waals surface area contributed by atoms with E-state index in [0.717, 1.165) is 34.6 Å². The number of carbonyl (C=O) groups excluding carboxylic acids is 1. The third-order valence-electron chi connectivity index (χ3n) is 4.56. The van der Waals surface area contributed by atoms with Crippen molar-refractivity contribution in [2.24, 2.45) is 0 Å². The fourth-order valence-electron chi connectivity index (χ4n) is 3.08. The first-order chi connectivity index (χ1) is 14.3. The van der Waals surface area contributed by atoms with Crippen molar-refractivity contribution < 1.29 is 18.0 Å². The van der Waals surface area contributed by atoms with Gasteiger partial charge in [0.2, 0.25) is 0 Å². The number of amides is 2. The molecule has 2 N–H and O–H groups in total. The second kappa shape index (κ2) is 7.55. The van der Waals surface area contributed by atoms with E-state index in [4.69, 9.17) is 0 Å². The molecule has 0 spiro atoms. The normalized spacial score (nSPS) is 11.5. The highest BCUT2D eigenvalue weighted by Gasteiger charge is 2.30. The van der Waals surface area contributed by atoms with Gasteiger partial charge >= 0.3 is 12.2 Å². The number of hydrogen-bond acceptors (Lipinski definition) is 2. The molecule has 0 aliphatic carbocycles. The van der Waals surface area contributed by atoms with E-state index in [1.807, 2.05) is 48.0 Å². The maximum atomic E-state index is 12.8. The van der Waals surface area contributed by atoms with Gasteiger partial charge in [0.05, 0.1) is 11.3 Å².